The topological polar surface area (TPSA) is 0 Å². The van der Waals surface area contributed by atoms with E-state index in [2.05, 4.69) is 28.1 Å². The molecule has 3 unspecified atom stereocenters. The van der Waals surface area contributed by atoms with Crippen LogP contribution in [0.4, 0.5) is 0 Å². The number of unbranched alkanes of at least 4 members (excludes halogenated alkanes) is 2. The normalized spacial score (nSPS) is 35.1. The van der Waals surface area contributed by atoms with Crippen molar-refractivity contribution in [1.29, 1.82) is 0 Å². The number of hydrogen-bond acceptors (Lipinski definition) is 0. The van der Waals surface area contributed by atoms with Gasteiger partial charge < -0.3 is 0 Å². The zero-order valence-corrected chi connectivity index (χ0v) is 10.5. The number of halogens is 1. The van der Waals surface area contributed by atoms with Crippen LogP contribution in [0.1, 0.15) is 44.9 Å². The van der Waals surface area contributed by atoms with E-state index in [9.17, 15) is 0 Å². The maximum Gasteiger partial charge on any atom is 0.00313 e. The minimum Gasteiger partial charge on any atom is -0.0928 e. The molecule has 1 heteroatoms. The largest absolute Gasteiger partial charge is 0.0928 e. The molecule has 3 atom stereocenters. The van der Waals surface area contributed by atoms with Crippen LogP contribution in [0.25, 0.3) is 0 Å². The van der Waals surface area contributed by atoms with Crippen LogP contribution in [0.2, 0.25) is 0 Å². The lowest BCUT2D eigenvalue weighted by Crippen LogP contribution is -2.27. The molecule has 0 heterocycles. The highest BCUT2D eigenvalue weighted by molar-refractivity contribution is 9.09. The first-order valence-corrected chi connectivity index (χ1v) is 7.26. The van der Waals surface area contributed by atoms with Gasteiger partial charge >= 0.3 is 0 Å². The Bertz CT molecular complexity index is 197. The summed E-state index contributed by atoms with van der Waals surface area (Å²) in [5, 5.41) is 1.18. The van der Waals surface area contributed by atoms with Crippen molar-refractivity contribution >= 4 is 15.9 Å². The molecule has 2 bridgehead atoms. The van der Waals surface area contributed by atoms with Crippen molar-refractivity contribution in [2.75, 3.05) is 5.33 Å². The van der Waals surface area contributed by atoms with Crippen LogP contribution in [0.3, 0.4) is 0 Å². The number of alkyl halides is 1. The maximum absolute atomic E-state index is 3.50. The second kappa shape index (κ2) is 5.34. The average molecular weight is 257 g/mol. The third-order valence-corrected chi connectivity index (χ3v) is 4.48. The fourth-order valence-corrected chi connectivity index (χ4v) is 3.46. The zero-order valence-electron chi connectivity index (χ0n) is 8.92. The Morgan fingerprint density at radius 1 is 1.07 bits per heavy atom. The predicted molar refractivity (Wildman–Crippen MR) is 65.7 cm³/mol. The molecule has 0 aromatic heterocycles. The molecule has 0 aromatic carbocycles. The molecule has 0 amide bonds. The molecule has 0 aliphatic heterocycles. The molecule has 0 N–H and O–H groups in total. The van der Waals surface area contributed by atoms with Gasteiger partial charge in [-0.25, -0.2) is 0 Å². The summed E-state index contributed by atoms with van der Waals surface area (Å²) < 4.78 is 0. The summed E-state index contributed by atoms with van der Waals surface area (Å²) in [7, 11) is 0. The van der Waals surface area contributed by atoms with Crippen molar-refractivity contribution in [3.05, 3.63) is 12.2 Å². The van der Waals surface area contributed by atoms with Crippen molar-refractivity contribution in [3.8, 4) is 0 Å². The van der Waals surface area contributed by atoms with Gasteiger partial charge in [-0.3, -0.25) is 0 Å². The first-order chi connectivity index (χ1) is 6.90. The van der Waals surface area contributed by atoms with Crippen LogP contribution < -0.4 is 0 Å². The Labute approximate surface area is 96.3 Å². The van der Waals surface area contributed by atoms with Gasteiger partial charge in [0.2, 0.25) is 0 Å². The number of allylic oxidation sites excluding steroid dienone is 2. The lowest BCUT2D eigenvalue weighted by Gasteiger charge is -2.38. The molecule has 0 saturated heterocycles. The second-order valence-corrected chi connectivity index (χ2v) is 5.71. The van der Waals surface area contributed by atoms with Gasteiger partial charge in [-0.1, -0.05) is 40.9 Å². The summed E-state index contributed by atoms with van der Waals surface area (Å²) in [5.74, 6) is 2.93. The molecular weight excluding hydrogens is 236 g/mol. The summed E-state index contributed by atoms with van der Waals surface area (Å²) in [4.78, 5) is 0. The van der Waals surface area contributed by atoms with Gasteiger partial charge in [-0.05, 0) is 49.9 Å². The third-order valence-electron chi connectivity index (χ3n) is 3.92. The smallest absolute Gasteiger partial charge is 0.00313 e. The fourth-order valence-electron chi connectivity index (χ4n) is 3.06. The first kappa shape index (κ1) is 10.7. The van der Waals surface area contributed by atoms with E-state index in [-0.39, 0.29) is 0 Å². The van der Waals surface area contributed by atoms with Gasteiger partial charge in [-0.2, -0.15) is 0 Å². The highest BCUT2D eigenvalue weighted by Crippen LogP contribution is 2.42. The van der Waals surface area contributed by atoms with Crippen LogP contribution in [0, 0.1) is 17.8 Å². The summed E-state index contributed by atoms with van der Waals surface area (Å²) in [6, 6.07) is 0. The monoisotopic (exact) mass is 256 g/mol. The summed E-state index contributed by atoms with van der Waals surface area (Å²) in [5.41, 5.74) is 0. The molecule has 1 fully saturated rings. The highest BCUT2D eigenvalue weighted by Gasteiger charge is 2.30. The minimum atomic E-state index is 0.946. The van der Waals surface area contributed by atoms with E-state index in [0.29, 0.717) is 0 Å². The molecule has 80 valence electrons. The zero-order chi connectivity index (χ0) is 9.80. The van der Waals surface area contributed by atoms with Crippen LogP contribution in [-0.4, -0.2) is 5.33 Å². The second-order valence-electron chi connectivity index (χ2n) is 4.92. The Morgan fingerprint density at radius 3 is 2.57 bits per heavy atom. The predicted octanol–water partition coefficient (Wildman–Crippen LogP) is 4.54. The molecule has 3 rings (SSSR count). The lowest BCUT2D eigenvalue weighted by molar-refractivity contribution is 0.205. The van der Waals surface area contributed by atoms with E-state index >= 15 is 0 Å². The highest BCUT2D eigenvalue weighted by atomic mass is 79.9. The van der Waals surface area contributed by atoms with Crippen LogP contribution >= 0.6 is 15.9 Å². The van der Waals surface area contributed by atoms with E-state index in [1.165, 1.54) is 50.3 Å². The van der Waals surface area contributed by atoms with Gasteiger partial charge in [-0.15, -0.1) is 0 Å². The van der Waals surface area contributed by atoms with E-state index in [1.807, 2.05) is 0 Å². The van der Waals surface area contributed by atoms with Crippen molar-refractivity contribution in [1.82, 2.24) is 0 Å². The van der Waals surface area contributed by atoms with Gasteiger partial charge in [0, 0.05) is 5.33 Å². The van der Waals surface area contributed by atoms with E-state index in [1.54, 1.807) is 0 Å². The van der Waals surface area contributed by atoms with E-state index in [0.717, 1.165) is 17.8 Å². The van der Waals surface area contributed by atoms with Crippen molar-refractivity contribution in [2.45, 2.75) is 44.9 Å². The van der Waals surface area contributed by atoms with Gasteiger partial charge in [0.25, 0.3) is 0 Å². The minimum absolute atomic E-state index is 0.946. The molecule has 0 nitrogen and oxygen atoms in total. The van der Waals surface area contributed by atoms with Crippen LogP contribution in [0.5, 0.6) is 0 Å². The molecule has 14 heavy (non-hydrogen) atoms. The van der Waals surface area contributed by atoms with Crippen LogP contribution in [0.15, 0.2) is 12.2 Å². The molecular formula is C13H21Br. The summed E-state index contributed by atoms with van der Waals surface area (Å²) in [6.07, 6.45) is 15.1. The molecule has 0 aromatic rings. The fraction of sp³-hybridized carbons (Fsp3) is 0.846. The van der Waals surface area contributed by atoms with Crippen molar-refractivity contribution in [3.63, 3.8) is 0 Å². The Morgan fingerprint density at radius 2 is 2.00 bits per heavy atom. The average Bonchev–Trinajstić information content (AvgIpc) is 2.26. The van der Waals surface area contributed by atoms with Gasteiger partial charge in [0.05, 0.1) is 0 Å². The third kappa shape index (κ3) is 2.62. The number of hydrogen-bond donors (Lipinski definition) is 0. The summed E-state index contributed by atoms with van der Waals surface area (Å²) in [6.45, 7) is 0. The first-order valence-electron chi connectivity index (χ1n) is 6.14. The molecule has 3 aliphatic carbocycles. The number of rotatable bonds is 5. The summed E-state index contributed by atoms with van der Waals surface area (Å²) >= 11 is 3.50. The van der Waals surface area contributed by atoms with E-state index < -0.39 is 0 Å². The van der Waals surface area contributed by atoms with Gasteiger partial charge in [0.1, 0.15) is 0 Å². The Kier molecular flexibility index (Phi) is 4.10. The molecule has 0 spiro atoms. The molecule has 0 radical (unpaired) electrons. The quantitative estimate of drug-likeness (QED) is 0.385. The standard InChI is InChI=1S/C13H21Br/c14-9-3-1-2-4-13-10-11-5-7-12(13)8-6-11/h5,7,11-13H,1-4,6,8-10H2. The van der Waals surface area contributed by atoms with Crippen LogP contribution in [-0.2, 0) is 0 Å². The SMILES string of the molecule is BrCCCCCC1CC2C=CC1CC2. The van der Waals surface area contributed by atoms with E-state index in [4.69, 9.17) is 0 Å². The Balaban J connectivity index is 1.69. The Hall–Kier alpha value is 0.220. The number of fused-ring (bicyclic) bond motifs is 2. The van der Waals surface area contributed by atoms with Crippen molar-refractivity contribution < 1.29 is 0 Å². The molecule has 3 aliphatic rings. The lowest BCUT2D eigenvalue weighted by atomic mass is 9.67. The van der Waals surface area contributed by atoms with Gasteiger partial charge in [0.15, 0.2) is 0 Å². The molecule has 1 saturated carbocycles. The maximum atomic E-state index is 3.50. The van der Waals surface area contributed by atoms with Crippen molar-refractivity contribution in [2.24, 2.45) is 17.8 Å².